The third kappa shape index (κ3) is 2.98. The molecule has 94 valence electrons. The average Bonchev–Trinajstić information content (AvgIpc) is 2.29. The highest BCUT2D eigenvalue weighted by molar-refractivity contribution is 5.26. The van der Waals surface area contributed by atoms with Crippen LogP contribution in [0.1, 0.15) is 24.2 Å². The van der Waals surface area contributed by atoms with E-state index in [9.17, 15) is 13.2 Å². The molecule has 1 aromatic rings. The van der Waals surface area contributed by atoms with Crippen molar-refractivity contribution in [2.45, 2.75) is 25.2 Å². The number of hydrogen-bond donors (Lipinski definition) is 1. The van der Waals surface area contributed by atoms with Crippen LogP contribution in [0.5, 0.6) is 0 Å². The third-order valence-corrected chi connectivity index (χ3v) is 2.81. The van der Waals surface area contributed by atoms with Crippen LogP contribution in [0.4, 0.5) is 13.2 Å². The van der Waals surface area contributed by atoms with Gasteiger partial charge in [0, 0.05) is 12.6 Å². The van der Waals surface area contributed by atoms with Crippen molar-refractivity contribution in [3.63, 3.8) is 0 Å². The number of rotatable bonds is 1. The normalized spacial score (nSPS) is 25.9. The summed E-state index contributed by atoms with van der Waals surface area (Å²) >= 11 is 0. The van der Waals surface area contributed by atoms with Gasteiger partial charge in [0.25, 0.3) is 0 Å². The maximum atomic E-state index is 12.4. The molecule has 0 amide bonds. The zero-order chi connectivity index (χ0) is 12.5. The Morgan fingerprint density at radius 3 is 2.35 bits per heavy atom. The number of alkyl halides is 3. The van der Waals surface area contributed by atoms with Crippen LogP contribution >= 0.6 is 0 Å². The van der Waals surface area contributed by atoms with Crippen LogP contribution in [-0.4, -0.2) is 19.2 Å². The molecule has 0 bridgehead atoms. The Bertz CT molecular complexity index is 366. The van der Waals surface area contributed by atoms with Crippen LogP contribution < -0.4 is 5.32 Å². The van der Waals surface area contributed by atoms with E-state index in [4.69, 9.17) is 4.74 Å². The maximum absolute atomic E-state index is 12.4. The minimum atomic E-state index is -4.28. The van der Waals surface area contributed by atoms with Crippen LogP contribution in [0.15, 0.2) is 24.3 Å². The molecule has 2 atom stereocenters. The fourth-order valence-corrected chi connectivity index (χ4v) is 1.79. The molecule has 1 aliphatic rings. The lowest BCUT2D eigenvalue weighted by molar-refractivity contribution is -0.137. The molecule has 1 unspecified atom stereocenters. The molecular formula is C12H14F3NO. The van der Waals surface area contributed by atoms with Gasteiger partial charge in [0.05, 0.1) is 18.3 Å². The number of ether oxygens (including phenoxy) is 1. The second-order valence-corrected chi connectivity index (χ2v) is 4.25. The summed E-state index contributed by atoms with van der Waals surface area (Å²) in [5.74, 6) is 0. The molecule has 17 heavy (non-hydrogen) atoms. The van der Waals surface area contributed by atoms with Crippen LogP contribution in [0, 0.1) is 0 Å². The summed E-state index contributed by atoms with van der Waals surface area (Å²) in [5.41, 5.74) is 0.149. The van der Waals surface area contributed by atoms with Crippen molar-refractivity contribution in [3.05, 3.63) is 35.4 Å². The molecule has 0 saturated carbocycles. The van der Waals surface area contributed by atoms with E-state index in [1.165, 1.54) is 12.1 Å². The van der Waals surface area contributed by atoms with Gasteiger partial charge in [-0.2, -0.15) is 13.2 Å². The molecule has 0 aliphatic carbocycles. The first kappa shape index (κ1) is 12.4. The Labute approximate surface area is 97.8 Å². The summed E-state index contributed by atoms with van der Waals surface area (Å²) in [7, 11) is 0. The van der Waals surface area contributed by atoms with E-state index >= 15 is 0 Å². The number of morpholine rings is 1. The molecule has 0 spiro atoms. The fourth-order valence-electron chi connectivity index (χ4n) is 1.79. The van der Waals surface area contributed by atoms with Gasteiger partial charge < -0.3 is 10.1 Å². The van der Waals surface area contributed by atoms with Crippen LogP contribution in [-0.2, 0) is 10.9 Å². The van der Waals surface area contributed by atoms with Gasteiger partial charge in [0.2, 0.25) is 0 Å². The SMILES string of the molecule is C[C@H]1COC(c2ccc(C(F)(F)F)cc2)CN1. The lowest BCUT2D eigenvalue weighted by atomic mass is 10.1. The largest absolute Gasteiger partial charge is 0.416 e. The van der Waals surface area contributed by atoms with Crippen molar-refractivity contribution >= 4 is 0 Å². The molecule has 1 aliphatic heterocycles. The predicted molar refractivity (Wildman–Crippen MR) is 57.6 cm³/mol. The van der Waals surface area contributed by atoms with Crippen LogP contribution in [0.3, 0.4) is 0 Å². The van der Waals surface area contributed by atoms with E-state index in [0.29, 0.717) is 19.2 Å². The standard InChI is InChI=1S/C12H14F3NO/c1-8-7-17-11(6-16-8)9-2-4-10(5-3-9)12(13,14)15/h2-5,8,11,16H,6-7H2,1H3/t8-,11?/m0/s1. The highest BCUT2D eigenvalue weighted by atomic mass is 19.4. The van der Waals surface area contributed by atoms with Gasteiger partial charge in [0.1, 0.15) is 0 Å². The van der Waals surface area contributed by atoms with Gasteiger partial charge in [-0.05, 0) is 24.6 Å². The van der Waals surface area contributed by atoms with Gasteiger partial charge in [-0.1, -0.05) is 12.1 Å². The van der Waals surface area contributed by atoms with Gasteiger partial charge >= 0.3 is 6.18 Å². The van der Waals surface area contributed by atoms with E-state index in [1.807, 2.05) is 6.92 Å². The lowest BCUT2D eigenvalue weighted by Crippen LogP contribution is -2.40. The summed E-state index contributed by atoms with van der Waals surface area (Å²) in [6, 6.07) is 5.43. The molecule has 5 heteroatoms. The molecule has 2 rings (SSSR count). The molecule has 1 saturated heterocycles. The lowest BCUT2D eigenvalue weighted by Gasteiger charge is -2.28. The molecular weight excluding hydrogens is 231 g/mol. The Morgan fingerprint density at radius 1 is 1.24 bits per heavy atom. The molecule has 0 aromatic heterocycles. The van der Waals surface area contributed by atoms with Crippen LogP contribution in [0.2, 0.25) is 0 Å². The molecule has 2 nitrogen and oxygen atoms in total. The van der Waals surface area contributed by atoms with Crippen molar-refractivity contribution in [1.82, 2.24) is 5.32 Å². The minimum Gasteiger partial charge on any atom is -0.371 e. The van der Waals surface area contributed by atoms with E-state index in [-0.39, 0.29) is 6.10 Å². The zero-order valence-electron chi connectivity index (χ0n) is 9.42. The van der Waals surface area contributed by atoms with Gasteiger partial charge in [0.15, 0.2) is 0 Å². The van der Waals surface area contributed by atoms with Crippen molar-refractivity contribution in [2.75, 3.05) is 13.2 Å². The van der Waals surface area contributed by atoms with Crippen LogP contribution in [0.25, 0.3) is 0 Å². The minimum absolute atomic E-state index is 0.159. The van der Waals surface area contributed by atoms with Crippen molar-refractivity contribution < 1.29 is 17.9 Å². The summed E-state index contributed by atoms with van der Waals surface area (Å²) in [6.45, 7) is 3.21. The average molecular weight is 245 g/mol. The summed E-state index contributed by atoms with van der Waals surface area (Å²) in [5, 5.41) is 3.23. The third-order valence-electron chi connectivity index (χ3n) is 2.81. The number of benzene rings is 1. The highest BCUT2D eigenvalue weighted by Crippen LogP contribution is 2.30. The molecule has 1 fully saturated rings. The summed E-state index contributed by atoms with van der Waals surface area (Å²) < 4.78 is 42.7. The summed E-state index contributed by atoms with van der Waals surface area (Å²) in [6.07, 6.45) is -4.44. The number of nitrogens with one attached hydrogen (secondary N) is 1. The zero-order valence-corrected chi connectivity index (χ0v) is 9.42. The first-order valence-corrected chi connectivity index (χ1v) is 5.49. The molecule has 1 N–H and O–H groups in total. The number of halogens is 3. The van der Waals surface area contributed by atoms with Crippen molar-refractivity contribution in [2.24, 2.45) is 0 Å². The number of hydrogen-bond acceptors (Lipinski definition) is 2. The Morgan fingerprint density at radius 2 is 1.88 bits per heavy atom. The first-order valence-electron chi connectivity index (χ1n) is 5.49. The topological polar surface area (TPSA) is 21.3 Å². The smallest absolute Gasteiger partial charge is 0.371 e. The Kier molecular flexibility index (Phi) is 3.40. The summed E-state index contributed by atoms with van der Waals surface area (Å²) in [4.78, 5) is 0. The quantitative estimate of drug-likeness (QED) is 0.821. The second-order valence-electron chi connectivity index (χ2n) is 4.25. The van der Waals surface area contributed by atoms with E-state index in [0.717, 1.165) is 17.7 Å². The van der Waals surface area contributed by atoms with Crippen molar-refractivity contribution in [3.8, 4) is 0 Å². The second kappa shape index (κ2) is 4.66. The monoisotopic (exact) mass is 245 g/mol. The Balaban J connectivity index is 2.08. The van der Waals surface area contributed by atoms with E-state index < -0.39 is 11.7 Å². The van der Waals surface area contributed by atoms with Crippen molar-refractivity contribution in [1.29, 1.82) is 0 Å². The van der Waals surface area contributed by atoms with E-state index in [2.05, 4.69) is 5.32 Å². The molecule has 1 heterocycles. The van der Waals surface area contributed by atoms with Gasteiger partial charge in [-0.25, -0.2) is 0 Å². The first-order chi connectivity index (χ1) is 7.97. The maximum Gasteiger partial charge on any atom is 0.416 e. The van der Waals surface area contributed by atoms with Gasteiger partial charge in [-0.15, -0.1) is 0 Å². The Hall–Kier alpha value is -1.07. The van der Waals surface area contributed by atoms with Gasteiger partial charge in [-0.3, -0.25) is 0 Å². The van der Waals surface area contributed by atoms with E-state index in [1.54, 1.807) is 0 Å². The highest BCUT2D eigenvalue weighted by Gasteiger charge is 2.30. The molecule has 0 radical (unpaired) electrons. The predicted octanol–water partition coefficient (Wildman–Crippen LogP) is 2.75. The fraction of sp³-hybridized carbons (Fsp3) is 0.500. The molecule has 1 aromatic carbocycles.